The highest BCUT2D eigenvalue weighted by Crippen LogP contribution is 2.23. The summed E-state index contributed by atoms with van der Waals surface area (Å²) in [5.41, 5.74) is 3.77. The van der Waals surface area contributed by atoms with Gasteiger partial charge in [0.2, 0.25) is 0 Å². The van der Waals surface area contributed by atoms with Crippen LogP contribution in [0, 0.1) is 13.8 Å². The van der Waals surface area contributed by atoms with Gasteiger partial charge in [0, 0.05) is 17.2 Å². The van der Waals surface area contributed by atoms with Crippen molar-refractivity contribution in [3.05, 3.63) is 58.7 Å². The second-order valence-electron chi connectivity index (χ2n) is 6.42. The number of benzene rings is 2. The van der Waals surface area contributed by atoms with Gasteiger partial charge in [-0.15, -0.1) is 0 Å². The van der Waals surface area contributed by atoms with Gasteiger partial charge in [-0.3, -0.25) is 4.79 Å². The minimum absolute atomic E-state index is 0.0790. The Bertz CT molecular complexity index is 720. The fourth-order valence-electron chi connectivity index (χ4n) is 2.62. The summed E-state index contributed by atoms with van der Waals surface area (Å²) in [6.07, 6.45) is 0.893. The fourth-order valence-corrected chi connectivity index (χ4v) is 2.62. The number of methoxy groups -OCH3 is 1. The average molecular weight is 341 g/mol. The molecule has 0 radical (unpaired) electrons. The zero-order valence-electron chi connectivity index (χ0n) is 15.7. The molecule has 0 aliphatic heterocycles. The molecule has 1 atom stereocenters. The molecule has 1 amide bonds. The van der Waals surface area contributed by atoms with E-state index in [1.165, 1.54) is 0 Å². The molecule has 0 saturated heterocycles. The lowest BCUT2D eigenvalue weighted by Crippen LogP contribution is -2.31. The van der Waals surface area contributed by atoms with Crippen LogP contribution in [0.4, 0.5) is 0 Å². The van der Waals surface area contributed by atoms with Gasteiger partial charge >= 0.3 is 0 Å². The van der Waals surface area contributed by atoms with Gasteiger partial charge in [-0.25, -0.2) is 0 Å². The van der Waals surface area contributed by atoms with E-state index in [0.29, 0.717) is 17.9 Å². The number of hydrogen-bond acceptors (Lipinski definition) is 3. The third-order valence-electron chi connectivity index (χ3n) is 4.12. The number of carbonyl (C=O) groups excluding carboxylic acids is 1. The smallest absolute Gasteiger partial charge is 0.251 e. The van der Waals surface area contributed by atoms with Crippen molar-refractivity contribution in [2.24, 2.45) is 0 Å². The molecule has 0 spiro atoms. The van der Waals surface area contributed by atoms with E-state index in [2.05, 4.69) is 11.4 Å². The monoisotopic (exact) mass is 341 g/mol. The summed E-state index contributed by atoms with van der Waals surface area (Å²) in [5, 5.41) is 2.98. The lowest BCUT2D eigenvalue weighted by Gasteiger charge is -2.15. The number of amides is 1. The molecule has 0 saturated carbocycles. The topological polar surface area (TPSA) is 47.6 Å². The van der Waals surface area contributed by atoms with E-state index >= 15 is 0 Å². The first-order valence-electron chi connectivity index (χ1n) is 8.61. The average Bonchev–Trinajstić information content (AvgIpc) is 2.58. The Morgan fingerprint density at radius 2 is 1.80 bits per heavy atom. The summed E-state index contributed by atoms with van der Waals surface area (Å²) in [4.78, 5) is 12.3. The molecule has 2 rings (SSSR count). The van der Waals surface area contributed by atoms with E-state index in [1.54, 1.807) is 13.2 Å². The molecule has 0 bridgehead atoms. The quantitative estimate of drug-likeness (QED) is 0.811. The van der Waals surface area contributed by atoms with Crippen molar-refractivity contribution in [1.29, 1.82) is 0 Å². The molecule has 0 aromatic heterocycles. The van der Waals surface area contributed by atoms with Gasteiger partial charge in [-0.1, -0.05) is 13.0 Å². The van der Waals surface area contributed by atoms with Crippen LogP contribution in [0.15, 0.2) is 36.4 Å². The van der Waals surface area contributed by atoms with Crippen LogP contribution < -0.4 is 14.8 Å². The largest absolute Gasteiger partial charge is 0.496 e. The maximum atomic E-state index is 12.3. The summed E-state index contributed by atoms with van der Waals surface area (Å²) in [5.74, 6) is 1.45. The first kappa shape index (κ1) is 18.8. The number of hydrogen-bond donors (Lipinski definition) is 1. The Morgan fingerprint density at radius 1 is 1.12 bits per heavy atom. The highest BCUT2D eigenvalue weighted by atomic mass is 16.5. The zero-order chi connectivity index (χ0) is 18.4. The third-order valence-corrected chi connectivity index (χ3v) is 4.12. The van der Waals surface area contributed by atoms with E-state index in [0.717, 1.165) is 28.9 Å². The highest BCUT2D eigenvalue weighted by molar-refractivity contribution is 5.94. The lowest BCUT2D eigenvalue weighted by molar-refractivity contribution is 0.0939. The van der Waals surface area contributed by atoms with Crippen LogP contribution in [0.5, 0.6) is 11.5 Å². The van der Waals surface area contributed by atoms with Crippen LogP contribution in [0.2, 0.25) is 0 Å². The van der Waals surface area contributed by atoms with E-state index < -0.39 is 0 Å². The van der Waals surface area contributed by atoms with Gasteiger partial charge in [0.1, 0.15) is 18.1 Å². The number of aryl methyl sites for hydroxylation is 2. The van der Waals surface area contributed by atoms with Gasteiger partial charge in [0.15, 0.2) is 0 Å². The summed E-state index contributed by atoms with van der Waals surface area (Å²) < 4.78 is 11.3. The van der Waals surface area contributed by atoms with Crippen LogP contribution in [-0.2, 0) is 6.61 Å². The molecular formula is C21H27NO3. The Balaban J connectivity index is 2.17. The number of ether oxygens (including phenoxy) is 2. The molecule has 0 fully saturated rings. The summed E-state index contributed by atoms with van der Waals surface area (Å²) in [6.45, 7) is 8.46. The molecule has 0 aliphatic rings. The normalized spacial score (nSPS) is 11.7. The van der Waals surface area contributed by atoms with Gasteiger partial charge in [0.05, 0.1) is 7.11 Å². The fraction of sp³-hybridized carbons (Fsp3) is 0.381. The van der Waals surface area contributed by atoms with Crippen molar-refractivity contribution in [2.45, 2.75) is 46.8 Å². The molecule has 25 heavy (non-hydrogen) atoms. The molecule has 1 N–H and O–H groups in total. The molecule has 4 heteroatoms. The Morgan fingerprint density at radius 3 is 2.40 bits per heavy atom. The first-order chi connectivity index (χ1) is 11.9. The standard InChI is InChI=1S/C21H27NO3/c1-6-16(4)22-21(23)17-7-8-20(24-5)18(12-17)13-25-19-10-14(2)9-15(3)11-19/h7-12,16H,6,13H2,1-5H3,(H,22,23)/t16-/m0/s1. The van der Waals surface area contributed by atoms with Gasteiger partial charge in [-0.05, 0) is 68.7 Å². The third kappa shape index (κ3) is 5.24. The molecule has 4 nitrogen and oxygen atoms in total. The minimum Gasteiger partial charge on any atom is -0.496 e. The van der Waals surface area contributed by atoms with Gasteiger partial charge in [0.25, 0.3) is 5.91 Å². The Labute approximate surface area is 150 Å². The maximum absolute atomic E-state index is 12.3. The number of rotatable bonds is 7. The molecule has 2 aromatic rings. The molecular weight excluding hydrogens is 314 g/mol. The maximum Gasteiger partial charge on any atom is 0.251 e. The van der Waals surface area contributed by atoms with Crippen LogP contribution in [-0.4, -0.2) is 19.1 Å². The number of nitrogens with one attached hydrogen (secondary N) is 1. The first-order valence-corrected chi connectivity index (χ1v) is 8.61. The van der Waals surface area contributed by atoms with Gasteiger partial charge < -0.3 is 14.8 Å². The highest BCUT2D eigenvalue weighted by Gasteiger charge is 2.12. The second-order valence-corrected chi connectivity index (χ2v) is 6.42. The van der Waals surface area contributed by atoms with Crippen molar-refractivity contribution in [1.82, 2.24) is 5.32 Å². The molecule has 134 valence electrons. The van der Waals surface area contributed by atoms with Crippen LogP contribution in [0.1, 0.15) is 47.3 Å². The van der Waals surface area contributed by atoms with Crippen molar-refractivity contribution in [3.8, 4) is 11.5 Å². The predicted molar refractivity (Wildman–Crippen MR) is 100 cm³/mol. The van der Waals surface area contributed by atoms with Crippen molar-refractivity contribution >= 4 is 5.91 Å². The van der Waals surface area contributed by atoms with Crippen molar-refractivity contribution in [3.63, 3.8) is 0 Å². The molecule has 0 unspecified atom stereocenters. The Hall–Kier alpha value is -2.49. The lowest BCUT2D eigenvalue weighted by atomic mass is 10.1. The summed E-state index contributed by atoms with van der Waals surface area (Å²) >= 11 is 0. The predicted octanol–water partition coefficient (Wildman–Crippen LogP) is 4.42. The molecule has 0 heterocycles. The molecule has 0 aliphatic carbocycles. The van der Waals surface area contributed by atoms with E-state index in [9.17, 15) is 4.79 Å². The summed E-state index contributed by atoms with van der Waals surface area (Å²) in [6, 6.07) is 11.7. The van der Waals surface area contributed by atoms with E-state index in [1.807, 2.05) is 52.0 Å². The SMILES string of the molecule is CC[C@H](C)NC(=O)c1ccc(OC)c(COc2cc(C)cc(C)c2)c1. The van der Waals surface area contributed by atoms with Crippen LogP contribution in [0.25, 0.3) is 0 Å². The van der Waals surface area contributed by atoms with Crippen LogP contribution in [0.3, 0.4) is 0 Å². The van der Waals surface area contributed by atoms with Gasteiger partial charge in [-0.2, -0.15) is 0 Å². The minimum atomic E-state index is -0.0790. The van der Waals surface area contributed by atoms with Crippen LogP contribution >= 0.6 is 0 Å². The summed E-state index contributed by atoms with van der Waals surface area (Å²) in [7, 11) is 1.62. The van der Waals surface area contributed by atoms with Crippen molar-refractivity contribution in [2.75, 3.05) is 7.11 Å². The second kappa shape index (κ2) is 8.56. The van der Waals surface area contributed by atoms with E-state index in [4.69, 9.17) is 9.47 Å². The zero-order valence-corrected chi connectivity index (χ0v) is 15.7. The number of carbonyl (C=O) groups is 1. The van der Waals surface area contributed by atoms with Crippen molar-refractivity contribution < 1.29 is 14.3 Å². The molecule has 2 aromatic carbocycles. The van der Waals surface area contributed by atoms with E-state index in [-0.39, 0.29) is 11.9 Å². The Kier molecular flexibility index (Phi) is 6.45.